The number of nitrogens with zero attached hydrogens (tertiary/aromatic N) is 1. The molecule has 0 amide bonds. The minimum absolute atomic E-state index is 0.539. The largest absolute Gasteiger partial charge is 0.330 e. The Labute approximate surface area is 84.1 Å². The summed E-state index contributed by atoms with van der Waals surface area (Å²) < 4.78 is 10.9. The van der Waals surface area contributed by atoms with E-state index < -0.39 is 10.8 Å². The molecule has 0 atom stereocenters. The Bertz CT molecular complexity index is 132. The molecule has 2 N–H and O–H groups in total. The number of hydrogen-bond donors (Lipinski definition) is 1. The Morgan fingerprint density at radius 2 is 1.85 bits per heavy atom. The van der Waals surface area contributed by atoms with Crippen LogP contribution in [-0.4, -0.2) is 46.8 Å². The molecule has 0 spiro atoms. The van der Waals surface area contributed by atoms with Crippen LogP contribution < -0.4 is 5.73 Å². The number of rotatable bonds is 3. The molecule has 13 heavy (non-hydrogen) atoms. The van der Waals surface area contributed by atoms with Crippen molar-refractivity contribution in [3.63, 3.8) is 0 Å². The van der Waals surface area contributed by atoms with E-state index in [-0.39, 0.29) is 0 Å². The fourth-order valence-corrected chi connectivity index (χ4v) is 2.34. The minimum atomic E-state index is -0.539. The van der Waals surface area contributed by atoms with Gasteiger partial charge >= 0.3 is 0 Å². The predicted molar refractivity (Wildman–Crippen MR) is 59.3 cm³/mol. The van der Waals surface area contributed by atoms with Crippen LogP contribution in [0.3, 0.4) is 0 Å². The molecule has 0 unspecified atom stereocenters. The van der Waals surface area contributed by atoms with Crippen molar-refractivity contribution in [1.29, 1.82) is 0 Å². The first-order valence-electron chi connectivity index (χ1n) is 5.10. The van der Waals surface area contributed by atoms with Crippen molar-refractivity contribution in [2.24, 2.45) is 5.73 Å². The van der Waals surface area contributed by atoms with Crippen molar-refractivity contribution in [1.82, 2.24) is 4.90 Å². The van der Waals surface area contributed by atoms with E-state index in [1.165, 1.54) is 0 Å². The van der Waals surface area contributed by atoms with Gasteiger partial charge in [-0.15, -0.1) is 0 Å². The zero-order valence-corrected chi connectivity index (χ0v) is 9.61. The maximum atomic E-state index is 10.9. The topological polar surface area (TPSA) is 46.3 Å². The standard InChI is InChI=1S/C7H16N2OS.C2H6/c8-2-1-3-9-4-6-11(10)7-5-9;1-2/h1-8H2;1-2H3. The molecule has 0 bridgehead atoms. The summed E-state index contributed by atoms with van der Waals surface area (Å²) in [7, 11) is -0.539. The Morgan fingerprint density at radius 1 is 1.31 bits per heavy atom. The molecule has 1 heterocycles. The van der Waals surface area contributed by atoms with Crippen molar-refractivity contribution in [3.8, 4) is 0 Å². The van der Waals surface area contributed by atoms with Gasteiger partial charge in [-0.3, -0.25) is 4.21 Å². The lowest BCUT2D eigenvalue weighted by molar-refractivity contribution is 0.297. The maximum absolute atomic E-state index is 10.9. The van der Waals surface area contributed by atoms with Gasteiger partial charge in [-0.2, -0.15) is 0 Å². The molecule has 1 fully saturated rings. The van der Waals surface area contributed by atoms with E-state index in [0.717, 1.165) is 44.1 Å². The van der Waals surface area contributed by atoms with E-state index in [9.17, 15) is 4.21 Å². The SMILES string of the molecule is CC.NCCCN1CCS(=O)CC1. The summed E-state index contributed by atoms with van der Waals surface area (Å²) in [5.41, 5.74) is 5.39. The number of hydrogen-bond acceptors (Lipinski definition) is 3. The summed E-state index contributed by atoms with van der Waals surface area (Å²) in [5, 5.41) is 0. The first-order valence-corrected chi connectivity index (χ1v) is 6.59. The van der Waals surface area contributed by atoms with Crippen molar-refractivity contribution in [3.05, 3.63) is 0 Å². The summed E-state index contributed by atoms with van der Waals surface area (Å²) >= 11 is 0. The molecule has 4 heteroatoms. The van der Waals surface area contributed by atoms with E-state index in [2.05, 4.69) is 4.90 Å². The van der Waals surface area contributed by atoms with E-state index in [4.69, 9.17) is 5.73 Å². The van der Waals surface area contributed by atoms with E-state index >= 15 is 0 Å². The number of nitrogens with two attached hydrogens (primary N) is 1. The summed E-state index contributed by atoms with van der Waals surface area (Å²) in [6.45, 7) is 7.83. The van der Waals surface area contributed by atoms with Gasteiger partial charge in [0.05, 0.1) is 0 Å². The fourth-order valence-electron chi connectivity index (χ4n) is 1.21. The third-order valence-electron chi connectivity index (χ3n) is 1.95. The second kappa shape index (κ2) is 8.66. The van der Waals surface area contributed by atoms with Gasteiger partial charge in [-0.25, -0.2) is 0 Å². The van der Waals surface area contributed by atoms with Gasteiger partial charge in [0.2, 0.25) is 0 Å². The molecular formula is C9H22N2OS. The molecule has 0 aliphatic carbocycles. The zero-order valence-electron chi connectivity index (χ0n) is 8.79. The Hall–Kier alpha value is 0.0700. The van der Waals surface area contributed by atoms with Crippen molar-refractivity contribution in [2.45, 2.75) is 20.3 Å². The van der Waals surface area contributed by atoms with E-state index in [1.807, 2.05) is 13.8 Å². The van der Waals surface area contributed by atoms with E-state index in [0.29, 0.717) is 0 Å². The molecular weight excluding hydrogens is 184 g/mol. The highest BCUT2D eigenvalue weighted by Crippen LogP contribution is 1.99. The first kappa shape index (κ1) is 13.1. The van der Waals surface area contributed by atoms with Crippen LogP contribution in [0.15, 0.2) is 0 Å². The first-order chi connectivity index (χ1) is 6.33. The van der Waals surface area contributed by atoms with Gasteiger partial charge in [0, 0.05) is 35.4 Å². The average Bonchev–Trinajstić information content (AvgIpc) is 2.20. The monoisotopic (exact) mass is 206 g/mol. The lowest BCUT2D eigenvalue weighted by Gasteiger charge is -2.25. The molecule has 0 aromatic heterocycles. The molecule has 1 rings (SSSR count). The second-order valence-corrected chi connectivity index (χ2v) is 4.53. The van der Waals surface area contributed by atoms with Gasteiger partial charge in [-0.05, 0) is 19.5 Å². The van der Waals surface area contributed by atoms with Crippen molar-refractivity contribution < 1.29 is 4.21 Å². The molecule has 1 saturated heterocycles. The summed E-state index contributed by atoms with van der Waals surface area (Å²) in [6.07, 6.45) is 1.06. The van der Waals surface area contributed by atoms with Crippen LogP contribution >= 0.6 is 0 Å². The predicted octanol–water partition coefficient (Wildman–Crippen LogP) is 0.426. The van der Waals surface area contributed by atoms with Crippen molar-refractivity contribution in [2.75, 3.05) is 37.7 Å². The Balaban J connectivity index is 0.000000671. The second-order valence-electron chi connectivity index (χ2n) is 2.83. The molecule has 0 radical (unpaired) electrons. The van der Waals surface area contributed by atoms with Crippen molar-refractivity contribution >= 4 is 10.8 Å². The molecule has 3 nitrogen and oxygen atoms in total. The van der Waals surface area contributed by atoms with Crippen LogP contribution in [0.25, 0.3) is 0 Å². The summed E-state index contributed by atoms with van der Waals surface area (Å²) in [6, 6.07) is 0. The average molecular weight is 206 g/mol. The van der Waals surface area contributed by atoms with Gasteiger partial charge in [0.25, 0.3) is 0 Å². The fraction of sp³-hybridized carbons (Fsp3) is 1.00. The van der Waals surface area contributed by atoms with Crippen LogP contribution in [-0.2, 0) is 10.8 Å². The third-order valence-corrected chi connectivity index (χ3v) is 3.22. The van der Waals surface area contributed by atoms with Crippen LogP contribution in [0.4, 0.5) is 0 Å². The quantitative estimate of drug-likeness (QED) is 0.728. The highest BCUT2D eigenvalue weighted by atomic mass is 32.2. The third kappa shape index (κ3) is 6.18. The van der Waals surface area contributed by atoms with E-state index in [1.54, 1.807) is 0 Å². The van der Waals surface area contributed by atoms with Crippen LogP contribution in [0, 0.1) is 0 Å². The molecule has 1 aliphatic heterocycles. The van der Waals surface area contributed by atoms with Crippen LogP contribution in [0.1, 0.15) is 20.3 Å². The molecule has 1 aliphatic rings. The van der Waals surface area contributed by atoms with Gasteiger partial charge in [0.1, 0.15) is 0 Å². The van der Waals surface area contributed by atoms with Gasteiger partial charge < -0.3 is 10.6 Å². The summed E-state index contributed by atoms with van der Waals surface area (Å²) in [4.78, 5) is 2.34. The molecule has 0 aromatic carbocycles. The molecule has 0 saturated carbocycles. The normalized spacial score (nSPS) is 19.3. The zero-order chi connectivity index (χ0) is 10.1. The Kier molecular flexibility index (Phi) is 8.71. The highest BCUT2D eigenvalue weighted by molar-refractivity contribution is 7.85. The smallest absolute Gasteiger partial charge is 0.0363 e. The molecule has 0 aromatic rings. The minimum Gasteiger partial charge on any atom is -0.330 e. The lowest BCUT2D eigenvalue weighted by atomic mass is 10.4. The summed E-state index contributed by atoms with van der Waals surface area (Å²) in [5.74, 6) is 1.70. The molecule has 80 valence electrons. The van der Waals surface area contributed by atoms with Gasteiger partial charge in [0.15, 0.2) is 0 Å². The van der Waals surface area contributed by atoms with Gasteiger partial charge in [-0.1, -0.05) is 13.8 Å². The Morgan fingerprint density at radius 3 is 2.31 bits per heavy atom. The highest BCUT2D eigenvalue weighted by Gasteiger charge is 2.13. The van der Waals surface area contributed by atoms with Crippen LogP contribution in [0.5, 0.6) is 0 Å². The maximum Gasteiger partial charge on any atom is 0.0363 e. The lowest BCUT2D eigenvalue weighted by Crippen LogP contribution is -2.38. The van der Waals surface area contributed by atoms with Crippen LogP contribution in [0.2, 0.25) is 0 Å².